The Hall–Kier alpha value is -2.75. The Morgan fingerprint density at radius 1 is 1.31 bits per heavy atom. The molecule has 2 aromatic rings. The average molecular weight is 360 g/mol. The van der Waals surface area contributed by atoms with Gasteiger partial charge in [0.05, 0.1) is 24.7 Å². The molecule has 0 radical (unpaired) electrons. The van der Waals surface area contributed by atoms with E-state index in [-0.39, 0.29) is 12.5 Å². The molecule has 1 aromatic heterocycles. The fraction of sp³-hybridized carbons (Fsp3) is 0.421. The lowest BCUT2D eigenvalue weighted by Gasteiger charge is -2.17. The molecule has 0 atom stereocenters. The van der Waals surface area contributed by atoms with Gasteiger partial charge < -0.3 is 4.90 Å². The highest BCUT2D eigenvalue weighted by Crippen LogP contribution is 2.17. The van der Waals surface area contributed by atoms with E-state index < -0.39 is 11.6 Å². The van der Waals surface area contributed by atoms with Crippen molar-refractivity contribution in [3.63, 3.8) is 0 Å². The molecule has 138 valence electrons. The van der Waals surface area contributed by atoms with Crippen LogP contribution in [0.3, 0.4) is 0 Å². The van der Waals surface area contributed by atoms with Crippen LogP contribution in [0.15, 0.2) is 18.2 Å². The summed E-state index contributed by atoms with van der Waals surface area (Å²) in [6.07, 6.45) is 1.23. The van der Waals surface area contributed by atoms with E-state index in [0.717, 1.165) is 29.1 Å². The topological polar surface area (TPSA) is 61.9 Å². The lowest BCUT2D eigenvalue weighted by molar-refractivity contribution is -0.130. The minimum atomic E-state index is -0.917. The number of amides is 1. The van der Waals surface area contributed by atoms with Crippen LogP contribution in [-0.4, -0.2) is 27.6 Å². The molecule has 0 N–H and O–H groups in total. The second kappa shape index (κ2) is 8.56. The highest BCUT2D eigenvalue weighted by Gasteiger charge is 2.15. The largest absolute Gasteiger partial charge is 0.341 e. The van der Waals surface area contributed by atoms with E-state index in [1.807, 2.05) is 13.8 Å². The molecular weight excluding hydrogens is 338 g/mol. The van der Waals surface area contributed by atoms with Crippen molar-refractivity contribution < 1.29 is 13.6 Å². The van der Waals surface area contributed by atoms with Gasteiger partial charge in [-0.3, -0.25) is 9.48 Å². The lowest BCUT2D eigenvalue weighted by atomic mass is 10.1. The Morgan fingerprint density at radius 3 is 2.69 bits per heavy atom. The van der Waals surface area contributed by atoms with Crippen LogP contribution in [0.5, 0.6) is 0 Å². The van der Waals surface area contributed by atoms with Crippen molar-refractivity contribution in [3.05, 3.63) is 52.3 Å². The normalized spacial score (nSPS) is 10.6. The summed E-state index contributed by atoms with van der Waals surface area (Å²) in [6.45, 7) is 4.57. The molecule has 0 aliphatic heterocycles. The van der Waals surface area contributed by atoms with Gasteiger partial charge in [-0.2, -0.15) is 10.4 Å². The summed E-state index contributed by atoms with van der Waals surface area (Å²) in [5.41, 5.74) is 3.37. The first-order chi connectivity index (χ1) is 12.3. The zero-order valence-corrected chi connectivity index (χ0v) is 15.2. The van der Waals surface area contributed by atoms with Crippen molar-refractivity contribution in [3.8, 4) is 6.07 Å². The van der Waals surface area contributed by atoms with E-state index in [9.17, 15) is 13.6 Å². The second-order valence-electron chi connectivity index (χ2n) is 6.28. The summed E-state index contributed by atoms with van der Waals surface area (Å²) in [4.78, 5) is 13.9. The minimum Gasteiger partial charge on any atom is -0.341 e. The molecule has 0 aliphatic rings. The summed E-state index contributed by atoms with van der Waals surface area (Å²) in [5.74, 6) is -1.90. The quantitative estimate of drug-likeness (QED) is 0.761. The van der Waals surface area contributed by atoms with Crippen molar-refractivity contribution in [2.75, 3.05) is 7.05 Å². The van der Waals surface area contributed by atoms with Crippen molar-refractivity contribution in [2.24, 2.45) is 0 Å². The Kier molecular flexibility index (Phi) is 6.45. The van der Waals surface area contributed by atoms with Gasteiger partial charge in [-0.05, 0) is 43.5 Å². The number of nitrogens with zero attached hydrogens (tertiary/aromatic N) is 4. The molecule has 0 unspecified atom stereocenters. The third-order valence-electron chi connectivity index (χ3n) is 4.39. The van der Waals surface area contributed by atoms with Crippen LogP contribution in [0.2, 0.25) is 0 Å². The number of hydrogen-bond donors (Lipinski definition) is 0. The van der Waals surface area contributed by atoms with Crippen LogP contribution >= 0.6 is 0 Å². The fourth-order valence-corrected chi connectivity index (χ4v) is 2.89. The minimum absolute atomic E-state index is 0.0849. The first kappa shape index (κ1) is 19.6. The van der Waals surface area contributed by atoms with Crippen molar-refractivity contribution in [2.45, 2.75) is 46.2 Å². The zero-order chi connectivity index (χ0) is 19.3. The number of rotatable bonds is 7. The van der Waals surface area contributed by atoms with Crippen molar-refractivity contribution in [1.29, 1.82) is 5.26 Å². The van der Waals surface area contributed by atoms with Gasteiger partial charge in [0.2, 0.25) is 5.91 Å². The van der Waals surface area contributed by atoms with Crippen LogP contribution in [0.1, 0.15) is 35.4 Å². The van der Waals surface area contributed by atoms with Gasteiger partial charge in [0.15, 0.2) is 11.6 Å². The molecule has 0 saturated carbocycles. The molecule has 0 fully saturated rings. The number of benzene rings is 1. The number of carbonyl (C=O) groups excluding carboxylic acids is 1. The van der Waals surface area contributed by atoms with Gasteiger partial charge in [-0.15, -0.1) is 0 Å². The van der Waals surface area contributed by atoms with E-state index in [1.54, 1.807) is 11.7 Å². The Morgan fingerprint density at radius 2 is 2.04 bits per heavy atom. The fourth-order valence-electron chi connectivity index (χ4n) is 2.89. The predicted molar refractivity (Wildman–Crippen MR) is 93.1 cm³/mol. The molecule has 0 aliphatic carbocycles. The van der Waals surface area contributed by atoms with Crippen LogP contribution < -0.4 is 0 Å². The summed E-state index contributed by atoms with van der Waals surface area (Å²) in [7, 11) is 1.64. The molecular formula is C19H22F2N4O. The number of aryl methyl sites for hydroxylation is 2. The number of nitriles is 1. The van der Waals surface area contributed by atoms with Gasteiger partial charge in [0.1, 0.15) is 0 Å². The smallest absolute Gasteiger partial charge is 0.222 e. The van der Waals surface area contributed by atoms with Crippen LogP contribution in [-0.2, 0) is 24.3 Å². The Labute approximate surface area is 151 Å². The predicted octanol–water partition coefficient (Wildman–Crippen LogP) is 3.28. The third kappa shape index (κ3) is 4.66. The van der Waals surface area contributed by atoms with E-state index in [2.05, 4.69) is 11.2 Å². The summed E-state index contributed by atoms with van der Waals surface area (Å²) in [5, 5.41) is 13.1. The van der Waals surface area contributed by atoms with Gasteiger partial charge >= 0.3 is 0 Å². The molecule has 0 bridgehead atoms. The summed E-state index contributed by atoms with van der Waals surface area (Å²) in [6, 6.07) is 5.73. The highest BCUT2D eigenvalue weighted by atomic mass is 19.2. The molecule has 1 aromatic carbocycles. The maximum Gasteiger partial charge on any atom is 0.222 e. The molecule has 26 heavy (non-hydrogen) atoms. The standard InChI is InChI=1S/C19H22F2N4O/c1-13-16(14(2)25(23-13)10-4-9-22)6-8-19(26)24(3)12-15-5-7-17(20)18(21)11-15/h5,7,11H,4,6,8,10,12H2,1-3H3. The first-order valence-corrected chi connectivity index (χ1v) is 8.41. The SMILES string of the molecule is Cc1nn(CCC#N)c(C)c1CCC(=O)N(C)Cc1ccc(F)c(F)c1. The van der Waals surface area contributed by atoms with Gasteiger partial charge in [-0.1, -0.05) is 6.07 Å². The number of halogens is 2. The summed E-state index contributed by atoms with van der Waals surface area (Å²) < 4.78 is 28.0. The molecule has 1 amide bonds. The zero-order valence-electron chi connectivity index (χ0n) is 15.2. The summed E-state index contributed by atoms with van der Waals surface area (Å²) >= 11 is 0. The highest BCUT2D eigenvalue weighted by molar-refractivity contribution is 5.76. The van der Waals surface area contributed by atoms with Crippen LogP contribution in [0.4, 0.5) is 8.78 Å². The monoisotopic (exact) mass is 360 g/mol. The molecule has 2 rings (SSSR count). The maximum absolute atomic E-state index is 13.3. The molecule has 0 saturated heterocycles. The second-order valence-corrected chi connectivity index (χ2v) is 6.28. The number of aromatic nitrogens is 2. The Balaban J connectivity index is 1.96. The lowest BCUT2D eigenvalue weighted by Crippen LogP contribution is -2.26. The molecule has 7 heteroatoms. The molecule has 5 nitrogen and oxygen atoms in total. The van der Waals surface area contributed by atoms with Crippen molar-refractivity contribution in [1.82, 2.24) is 14.7 Å². The van der Waals surface area contributed by atoms with Gasteiger partial charge in [0, 0.05) is 25.7 Å². The van der Waals surface area contributed by atoms with Crippen molar-refractivity contribution >= 4 is 5.91 Å². The Bertz CT molecular complexity index is 839. The third-order valence-corrected chi connectivity index (χ3v) is 4.39. The van der Waals surface area contributed by atoms with E-state index in [4.69, 9.17) is 5.26 Å². The first-order valence-electron chi connectivity index (χ1n) is 8.41. The van der Waals surface area contributed by atoms with Gasteiger partial charge in [-0.25, -0.2) is 8.78 Å². The molecule has 1 heterocycles. The van der Waals surface area contributed by atoms with Gasteiger partial charge in [0.25, 0.3) is 0 Å². The van der Waals surface area contributed by atoms with E-state index in [1.165, 1.54) is 11.0 Å². The van der Waals surface area contributed by atoms with Crippen LogP contribution in [0, 0.1) is 36.8 Å². The number of hydrogen-bond acceptors (Lipinski definition) is 3. The number of carbonyl (C=O) groups is 1. The van der Waals surface area contributed by atoms with E-state index in [0.29, 0.717) is 31.4 Å². The van der Waals surface area contributed by atoms with E-state index >= 15 is 0 Å². The average Bonchev–Trinajstić information content (AvgIpc) is 2.87. The maximum atomic E-state index is 13.3. The van der Waals surface area contributed by atoms with Crippen LogP contribution in [0.25, 0.3) is 0 Å². The molecule has 0 spiro atoms.